The van der Waals surface area contributed by atoms with E-state index < -0.39 is 0 Å². The second-order valence-electron chi connectivity index (χ2n) is 16.1. The van der Waals surface area contributed by atoms with Crippen LogP contribution in [0.1, 0.15) is 133 Å². The van der Waals surface area contributed by atoms with Gasteiger partial charge in [0.25, 0.3) is 0 Å². The van der Waals surface area contributed by atoms with Gasteiger partial charge < -0.3 is 24.8 Å². The number of fused-ring (bicyclic) bond motifs is 5. The van der Waals surface area contributed by atoms with E-state index in [1.54, 1.807) is 0 Å². The fraction of sp³-hybridized carbons (Fsp3) is 0.370. The van der Waals surface area contributed by atoms with Crippen LogP contribution in [0.5, 0.6) is 0 Å². The van der Waals surface area contributed by atoms with Gasteiger partial charge in [0.15, 0.2) is 0 Å². The zero-order valence-electron chi connectivity index (χ0n) is 31.5. The van der Waals surface area contributed by atoms with Crippen LogP contribution in [-0.2, 0) is 53.3 Å². The molecule has 0 atom stereocenters. The van der Waals surface area contributed by atoms with Gasteiger partial charge in [-0.2, -0.15) is 28.8 Å². The third kappa shape index (κ3) is 8.96. The van der Waals surface area contributed by atoms with Crippen LogP contribution < -0.4 is 24.8 Å². The average molecular weight is 769 g/mol. The van der Waals surface area contributed by atoms with E-state index in [1.807, 2.05) is 6.07 Å². The van der Waals surface area contributed by atoms with Crippen molar-refractivity contribution in [2.75, 3.05) is 0 Å². The predicted molar refractivity (Wildman–Crippen MR) is 203 cm³/mol. The molecular formula is C46H54Cl2Zr-2. The minimum absolute atomic E-state index is 0. The van der Waals surface area contributed by atoms with Crippen molar-refractivity contribution in [1.82, 2.24) is 0 Å². The minimum atomic E-state index is 0. The standard InChI is InChI=1S/C27H29.C11H17.C8H8.2ClH.Zr/c1-16-7-9-26(3,4)24-12-18-11-19-13-25-21(17(2)8-10-27(25,5)6)15-23(19)22(18)14-20(16)24;1-5-9-6-7-10(8-9)11(2,3)4;1-2-8-6-4-3-5-7-8;;;/h7-9,12-15H,10-11H2,1-6H3;6-8H,5H2,1-4H3;3-7H,1H3;2*1H;/q2*-1;;;;+2/p-2. The molecule has 3 aliphatic carbocycles. The first-order valence-corrected chi connectivity index (χ1v) is 18.7. The van der Waals surface area contributed by atoms with Crippen molar-refractivity contribution >= 4 is 14.4 Å². The first-order valence-electron chi connectivity index (χ1n) is 17.4. The van der Waals surface area contributed by atoms with Crippen molar-refractivity contribution in [3.8, 4) is 11.1 Å². The molecule has 3 heteroatoms. The molecule has 0 unspecified atom stereocenters. The summed E-state index contributed by atoms with van der Waals surface area (Å²) < 4.78 is 1.46. The monoisotopic (exact) mass is 766 g/mol. The quantitative estimate of drug-likeness (QED) is 0.186. The van der Waals surface area contributed by atoms with Crippen LogP contribution in [0.3, 0.4) is 0 Å². The normalized spacial score (nSPS) is 15.7. The number of allylic oxidation sites excluding steroid dienone is 4. The van der Waals surface area contributed by atoms with Crippen LogP contribution in [0.25, 0.3) is 22.3 Å². The van der Waals surface area contributed by atoms with Crippen molar-refractivity contribution in [1.29, 1.82) is 0 Å². The maximum atomic E-state index is 2.51. The van der Waals surface area contributed by atoms with Gasteiger partial charge in [0.05, 0.1) is 0 Å². The Labute approximate surface area is 325 Å². The molecule has 0 aliphatic heterocycles. The Hall–Kier alpha value is -2.31. The van der Waals surface area contributed by atoms with Crippen molar-refractivity contribution in [3.05, 3.63) is 141 Å². The minimum Gasteiger partial charge on any atom is -1.00 e. The largest absolute Gasteiger partial charge is 1.00 e. The topological polar surface area (TPSA) is 0 Å². The zero-order chi connectivity index (χ0) is 34.3. The van der Waals surface area contributed by atoms with Crippen LogP contribution >= 0.6 is 0 Å². The molecular weight excluding hydrogens is 715 g/mol. The second kappa shape index (κ2) is 15.9. The Balaban J connectivity index is 0.000000245. The summed E-state index contributed by atoms with van der Waals surface area (Å²) in [4.78, 5) is 0. The molecule has 0 bridgehead atoms. The van der Waals surface area contributed by atoms with Crippen LogP contribution in [0.2, 0.25) is 0 Å². The molecule has 0 N–H and O–H groups in total. The van der Waals surface area contributed by atoms with Gasteiger partial charge >= 0.3 is 70.3 Å². The van der Waals surface area contributed by atoms with Gasteiger partial charge in [-0.1, -0.05) is 102 Å². The Bertz CT molecular complexity index is 1770. The van der Waals surface area contributed by atoms with Gasteiger partial charge in [-0.15, -0.1) is 12.5 Å². The van der Waals surface area contributed by atoms with Gasteiger partial charge in [0, 0.05) is 0 Å². The van der Waals surface area contributed by atoms with Gasteiger partial charge in [-0.25, -0.2) is 18.6 Å². The predicted octanol–water partition coefficient (Wildman–Crippen LogP) is 6.29. The Kier molecular flexibility index (Phi) is 13.4. The van der Waals surface area contributed by atoms with Crippen LogP contribution in [0, 0.1) is 6.42 Å². The van der Waals surface area contributed by atoms with Crippen molar-refractivity contribution in [3.63, 3.8) is 0 Å². The fourth-order valence-corrected chi connectivity index (χ4v) is 7.45. The Morgan fingerprint density at radius 2 is 1.37 bits per heavy atom. The zero-order valence-corrected chi connectivity index (χ0v) is 35.5. The number of aryl methyl sites for hydroxylation is 1. The molecule has 4 aromatic carbocycles. The molecule has 0 nitrogen and oxygen atoms in total. The van der Waals surface area contributed by atoms with Crippen LogP contribution in [-0.4, -0.2) is 3.21 Å². The summed E-state index contributed by atoms with van der Waals surface area (Å²) in [6, 6.07) is 27.2. The summed E-state index contributed by atoms with van der Waals surface area (Å²) in [6.45, 7) is 25.1. The molecule has 7 rings (SSSR count). The van der Waals surface area contributed by atoms with E-state index in [-0.39, 0.29) is 35.6 Å². The Morgan fingerprint density at radius 3 is 1.86 bits per heavy atom. The molecule has 258 valence electrons. The molecule has 0 amide bonds. The van der Waals surface area contributed by atoms with E-state index in [4.69, 9.17) is 0 Å². The first kappa shape index (κ1) is 41.1. The van der Waals surface area contributed by atoms with Gasteiger partial charge in [-0.3, -0.25) is 0 Å². The number of hydrogen-bond donors (Lipinski definition) is 0. The number of halogens is 2. The number of rotatable bonds is 2. The van der Waals surface area contributed by atoms with Gasteiger partial charge in [0.2, 0.25) is 0 Å². The summed E-state index contributed by atoms with van der Waals surface area (Å²) in [5.74, 6) is 0. The molecule has 0 fully saturated rings. The van der Waals surface area contributed by atoms with Crippen molar-refractivity contribution < 1.29 is 49.0 Å². The third-order valence-corrected chi connectivity index (χ3v) is 11.1. The fourth-order valence-electron chi connectivity index (χ4n) is 7.04. The summed E-state index contributed by atoms with van der Waals surface area (Å²) >= 11 is 1.51. The smallest absolute Gasteiger partial charge is 1.00 e. The van der Waals surface area contributed by atoms with Crippen LogP contribution in [0.4, 0.5) is 0 Å². The van der Waals surface area contributed by atoms with E-state index in [0.29, 0.717) is 5.41 Å². The van der Waals surface area contributed by atoms with E-state index >= 15 is 0 Å². The van der Waals surface area contributed by atoms with Gasteiger partial charge in [0.1, 0.15) is 0 Å². The van der Waals surface area contributed by atoms with Crippen molar-refractivity contribution in [2.24, 2.45) is 0 Å². The molecule has 0 spiro atoms. The van der Waals surface area contributed by atoms with Crippen molar-refractivity contribution in [2.45, 2.75) is 112 Å². The molecule has 49 heavy (non-hydrogen) atoms. The molecule has 0 heterocycles. The second-order valence-corrected chi connectivity index (χ2v) is 17.9. The van der Waals surface area contributed by atoms with E-state index in [0.717, 1.165) is 19.3 Å². The Morgan fingerprint density at radius 1 is 0.796 bits per heavy atom. The average Bonchev–Trinajstić information content (AvgIpc) is 3.66. The molecule has 0 radical (unpaired) electrons. The molecule has 4 aromatic rings. The molecule has 3 aliphatic rings. The number of hydrogen-bond acceptors (Lipinski definition) is 0. The van der Waals surface area contributed by atoms with E-state index in [1.165, 1.54) is 99.8 Å². The first-order chi connectivity index (χ1) is 22.0. The molecule has 0 saturated carbocycles. The molecule has 0 saturated heterocycles. The van der Waals surface area contributed by atoms with Gasteiger partial charge in [-0.05, 0) is 70.2 Å². The summed E-state index contributed by atoms with van der Waals surface area (Å²) in [6.07, 6.45) is 10.4. The van der Waals surface area contributed by atoms with Crippen LogP contribution in [0.15, 0.2) is 84.9 Å². The summed E-state index contributed by atoms with van der Waals surface area (Å²) in [5, 5.41) is 0. The third-order valence-electron chi connectivity index (χ3n) is 10.4. The number of benzene rings is 3. The maximum Gasteiger partial charge on any atom is -1.00 e. The summed E-state index contributed by atoms with van der Waals surface area (Å²) in [7, 11) is 0. The maximum absolute atomic E-state index is 2.51. The SMILES string of the molecule is CC1=C[CH-]C(C)(C)c2cc3c(cc21)-c1cc2c(cc1C3)C(C)(C)CC=C2C.CCc1cc(C(C)(C)C)c[cH-]1.C[C](=[Zr+2])c1ccccc1.[Cl-].[Cl-]. The van der Waals surface area contributed by atoms with E-state index in [9.17, 15) is 0 Å². The van der Waals surface area contributed by atoms with E-state index in [2.05, 4.69) is 161 Å². The summed E-state index contributed by atoms with van der Waals surface area (Å²) in [5.41, 5.74) is 19.6. The molecule has 0 aromatic heterocycles.